The third-order valence-corrected chi connectivity index (χ3v) is 4.72. The SMILES string of the molecule is CC1CCCCCN1C(=O)c1cc(S(N)(=O)=O)ccc1F. The Labute approximate surface area is 124 Å². The molecule has 1 aliphatic rings. The smallest absolute Gasteiger partial charge is 0.257 e. The summed E-state index contributed by atoms with van der Waals surface area (Å²) in [4.78, 5) is 13.9. The number of benzene rings is 1. The molecule has 0 spiro atoms. The second kappa shape index (κ2) is 6.11. The van der Waals surface area contributed by atoms with Crippen LogP contribution in [0.25, 0.3) is 0 Å². The molecule has 2 N–H and O–H groups in total. The van der Waals surface area contributed by atoms with E-state index in [1.54, 1.807) is 4.90 Å². The van der Waals surface area contributed by atoms with Gasteiger partial charge in [0.1, 0.15) is 5.82 Å². The van der Waals surface area contributed by atoms with E-state index in [2.05, 4.69) is 0 Å². The molecule has 1 amide bonds. The molecule has 1 aromatic rings. The fourth-order valence-electron chi connectivity index (χ4n) is 2.58. The number of primary sulfonamides is 1. The summed E-state index contributed by atoms with van der Waals surface area (Å²) in [6.45, 7) is 2.48. The quantitative estimate of drug-likeness (QED) is 0.905. The van der Waals surface area contributed by atoms with E-state index in [0.717, 1.165) is 43.9 Å². The standard InChI is InChI=1S/C14H19FN2O3S/c1-10-5-3-2-4-8-17(10)14(18)12-9-11(21(16,19)20)6-7-13(12)15/h6-7,9-10H,2-5,8H2,1H3,(H2,16,19,20). The highest BCUT2D eigenvalue weighted by molar-refractivity contribution is 7.89. The molecule has 1 atom stereocenters. The van der Waals surface area contributed by atoms with E-state index in [1.807, 2.05) is 6.92 Å². The van der Waals surface area contributed by atoms with Gasteiger partial charge >= 0.3 is 0 Å². The summed E-state index contributed by atoms with van der Waals surface area (Å²) < 4.78 is 36.6. The van der Waals surface area contributed by atoms with E-state index in [9.17, 15) is 17.6 Å². The van der Waals surface area contributed by atoms with Crippen LogP contribution in [0, 0.1) is 5.82 Å². The van der Waals surface area contributed by atoms with Crippen LogP contribution in [-0.2, 0) is 10.0 Å². The van der Waals surface area contributed by atoms with Crippen LogP contribution in [-0.4, -0.2) is 31.8 Å². The lowest BCUT2D eigenvalue weighted by molar-refractivity contribution is 0.0693. The van der Waals surface area contributed by atoms with Crippen LogP contribution < -0.4 is 5.14 Å². The lowest BCUT2D eigenvalue weighted by Crippen LogP contribution is -2.38. The van der Waals surface area contributed by atoms with Crippen molar-refractivity contribution in [2.24, 2.45) is 5.14 Å². The zero-order valence-electron chi connectivity index (χ0n) is 11.9. The lowest BCUT2D eigenvalue weighted by Gasteiger charge is -2.27. The molecule has 1 heterocycles. The number of halogens is 1. The van der Waals surface area contributed by atoms with Gasteiger partial charge in [0, 0.05) is 12.6 Å². The van der Waals surface area contributed by atoms with Crippen molar-refractivity contribution >= 4 is 15.9 Å². The number of nitrogens with two attached hydrogens (primary N) is 1. The topological polar surface area (TPSA) is 80.5 Å². The molecule has 1 aromatic carbocycles. The third kappa shape index (κ3) is 3.59. The lowest BCUT2D eigenvalue weighted by atomic mass is 10.1. The molecule has 1 fully saturated rings. The molecule has 0 saturated carbocycles. The molecule has 0 bridgehead atoms. The highest BCUT2D eigenvalue weighted by atomic mass is 32.2. The average Bonchev–Trinajstić information content (AvgIpc) is 2.62. The third-order valence-electron chi connectivity index (χ3n) is 3.81. The predicted octanol–water partition coefficient (Wildman–Crippen LogP) is 1.88. The Morgan fingerprint density at radius 2 is 2.05 bits per heavy atom. The van der Waals surface area contributed by atoms with Crippen LogP contribution in [0.5, 0.6) is 0 Å². The highest BCUT2D eigenvalue weighted by Gasteiger charge is 2.26. The molecule has 116 valence electrons. The number of amides is 1. The van der Waals surface area contributed by atoms with Gasteiger partial charge in [0.2, 0.25) is 10.0 Å². The Balaban J connectivity index is 2.38. The van der Waals surface area contributed by atoms with Crippen molar-refractivity contribution in [1.29, 1.82) is 0 Å². The van der Waals surface area contributed by atoms with Crippen molar-refractivity contribution in [3.05, 3.63) is 29.6 Å². The Morgan fingerprint density at radius 3 is 2.71 bits per heavy atom. The number of carbonyl (C=O) groups is 1. The Morgan fingerprint density at radius 1 is 1.33 bits per heavy atom. The van der Waals surface area contributed by atoms with Crippen LogP contribution in [0.15, 0.2) is 23.1 Å². The zero-order valence-corrected chi connectivity index (χ0v) is 12.7. The second-order valence-electron chi connectivity index (χ2n) is 5.38. The van der Waals surface area contributed by atoms with Crippen LogP contribution >= 0.6 is 0 Å². The van der Waals surface area contributed by atoms with Gasteiger partial charge in [0.15, 0.2) is 0 Å². The molecule has 5 nitrogen and oxygen atoms in total. The van der Waals surface area contributed by atoms with Crippen LogP contribution in [0.2, 0.25) is 0 Å². The molecule has 0 radical (unpaired) electrons. The summed E-state index contributed by atoms with van der Waals surface area (Å²) in [7, 11) is -3.96. The zero-order chi connectivity index (χ0) is 15.6. The first-order chi connectivity index (χ1) is 9.80. The fourth-order valence-corrected chi connectivity index (χ4v) is 3.12. The molecule has 1 unspecified atom stereocenters. The Bertz CT molecular complexity index is 646. The molecule has 21 heavy (non-hydrogen) atoms. The Kier molecular flexibility index (Phi) is 4.63. The van der Waals surface area contributed by atoms with Crippen LogP contribution in [0.4, 0.5) is 4.39 Å². The van der Waals surface area contributed by atoms with Crippen molar-refractivity contribution in [2.75, 3.05) is 6.54 Å². The Hall–Kier alpha value is -1.47. The molecule has 2 rings (SSSR count). The minimum Gasteiger partial charge on any atom is -0.336 e. The minimum atomic E-state index is -3.96. The van der Waals surface area contributed by atoms with Crippen LogP contribution in [0.1, 0.15) is 43.0 Å². The van der Waals surface area contributed by atoms with E-state index < -0.39 is 21.7 Å². The van der Waals surface area contributed by atoms with Gasteiger partial charge in [-0.25, -0.2) is 17.9 Å². The van der Waals surface area contributed by atoms with E-state index in [1.165, 1.54) is 0 Å². The van der Waals surface area contributed by atoms with Crippen molar-refractivity contribution in [3.8, 4) is 0 Å². The van der Waals surface area contributed by atoms with E-state index in [-0.39, 0.29) is 16.5 Å². The molecule has 1 saturated heterocycles. The molecule has 0 aliphatic carbocycles. The number of hydrogen-bond acceptors (Lipinski definition) is 3. The molecule has 0 aromatic heterocycles. The van der Waals surface area contributed by atoms with Gasteiger partial charge in [0.25, 0.3) is 5.91 Å². The normalized spacial score (nSPS) is 20.1. The number of rotatable bonds is 2. The van der Waals surface area contributed by atoms with Gasteiger partial charge in [-0.3, -0.25) is 4.79 Å². The van der Waals surface area contributed by atoms with Crippen molar-refractivity contribution in [1.82, 2.24) is 4.90 Å². The van der Waals surface area contributed by atoms with Gasteiger partial charge in [0.05, 0.1) is 10.5 Å². The maximum atomic E-state index is 13.9. The van der Waals surface area contributed by atoms with Gasteiger partial charge in [-0.15, -0.1) is 0 Å². The van der Waals surface area contributed by atoms with E-state index in [4.69, 9.17) is 5.14 Å². The summed E-state index contributed by atoms with van der Waals surface area (Å²) in [5, 5.41) is 5.03. The van der Waals surface area contributed by atoms with Crippen LogP contribution in [0.3, 0.4) is 0 Å². The van der Waals surface area contributed by atoms with Gasteiger partial charge in [-0.2, -0.15) is 0 Å². The molecule has 7 heteroatoms. The van der Waals surface area contributed by atoms with E-state index in [0.29, 0.717) is 6.54 Å². The van der Waals surface area contributed by atoms with Gasteiger partial charge in [-0.1, -0.05) is 12.8 Å². The maximum Gasteiger partial charge on any atom is 0.257 e. The molecule has 1 aliphatic heterocycles. The summed E-state index contributed by atoms with van der Waals surface area (Å²) in [5.74, 6) is -1.21. The first-order valence-electron chi connectivity index (χ1n) is 6.94. The largest absolute Gasteiger partial charge is 0.336 e. The first kappa shape index (κ1) is 15.9. The van der Waals surface area contributed by atoms with Gasteiger partial charge < -0.3 is 4.90 Å². The highest BCUT2D eigenvalue weighted by Crippen LogP contribution is 2.21. The number of likely N-dealkylation sites (tertiary alicyclic amines) is 1. The fraction of sp³-hybridized carbons (Fsp3) is 0.500. The summed E-state index contributed by atoms with van der Waals surface area (Å²) in [6, 6.07) is 3.06. The number of sulfonamides is 1. The average molecular weight is 314 g/mol. The minimum absolute atomic E-state index is 0.0116. The van der Waals surface area contributed by atoms with Crippen molar-refractivity contribution < 1.29 is 17.6 Å². The summed E-state index contributed by atoms with van der Waals surface area (Å²) in [5.41, 5.74) is -0.240. The van der Waals surface area contributed by atoms with Gasteiger partial charge in [-0.05, 0) is 38.0 Å². The van der Waals surface area contributed by atoms with Crippen molar-refractivity contribution in [3.63, 3.8) is 0 Å². The number of nitrogens with zero attached hydrogens (tertiary/aromatic N) is 1. The van der Waals surface area contributed by atoms with Crippen molar-refractivity contribution in [2.45, 2.75) is 43.5 Å². The number of hydrogen-bond donors (Lipinski definition) is 1. The first-order valence-corrected chi connectivity index (χ1v) is 8.48. The maximum absolute atomic E-state index is 13.9. The predicted molar refractivity (Wildman–Crippen MR) is 76.7 cm³/mol. The second-order valence-corrected chi connectivity index (χ2v) is 6.94. The molecular formula is C14H19FN2O3S. The monoisotopic (exact) mass is 314 g/mol. The molecular weight excluding hydrogens is 295 g/mol. The number of carbonyl (C=O) groups excluding carboxylic acids is 1. The summed E-state index contributed by atoms with van der Waals surface area (Å²) in [6.07, 6.45) is 3.80. The summed E-state index contributed by atoms with van der Waals surface area (Å²) >= 11 is 0. The van der Waals surface area contributed by atoms with E-state index >= 15 is 0 Å².